The number of halogens is 1. The van der Waals surface area contributed by atoms with Crippen molar-refractivity contribution < 1.29 is 33.4 Å². The van der Waals surface area contributed by atoms with Crippen molar-refractivity contribution in [3.63, 3.8) is 0 Å². The molecule has 0 aliphatic carbocycles. The first-order valence-corrected chi connectivity index (χ1v) is 21.1. The molecule has 2 aliphatic heterocycles. The number of carbonyl (C=O) groups excluding carboxylic acids is 4. The van der Waals surface area contributed by atoms with E-state index < -0.39 is 17.8 Å². The van der Waals surface area contributed by atoms with Gasteiger partial charge in [0.25, 0.3) is 0 Å². The second-order valence-electron chi connectivity index (χ2n) is 15.4. The average molecular weight is 848 g/mol. The van der Waals surface area contributed by atoms with Gasteiger partial charge in [-0.3, -0.25) is 0 Å². The van der Waals surface area contributed by atoms with Crippen molar-refractivity contribution in [1.82, 2.24) is 14.7 Å². The standard InChI is InChI=1S/C43H49ClN4O7Se/c1-7-13-47(16-15-45(6)41(51)55-43(3,4)5)42(52)54-36-25-35-39(34-21-28(2)8-10-33(34)36)31(26-44)27-48(35)40(50)38-24-30-22-29(9-11-37(30)56-38)23-32(49)12-14-46-17-19-53-20-18-46/h1,8-11,21-22,24-25,31H,12-20,23,26-27H2,2-6H3/t31-/m1/s1. The predicted octanol–water partition coefficient (Wildman–Crippen LogP) is 6.48. The molecule has 13 heteroatoms. The van der Waals surface area contributed by atoms with E-state index in [2.05, 4.69) is 10.8 Å². The van der Waals surface area contributed by atoms with Crippen LogP contribution in [-0.4, -0.2) is 131 Å². The third-order valence-electron chi connectivity index (χ3n) is 9.96. The summed E-state index contributed by atoms with van der Waals surface area (Å²) in [4.78, 5) is 60.4. The maximum atomic E-state index is 14.4. The second kappa shape index (κ2) is 17.8. The van der Waals surface area contributed by atoms with Gasteiger partial charge in [0, 0.05) is 7.05 Å². The molecule has 1 aromatic heterocycles. The van der Waals surface area contributed by atoms with Crippen LogP contribution < -0.4 is 9.64 Å². The number of nitrogens with zero attached hydrogens (tertiary/aromatic N) is 4. The van der Waals surface area contributed by atoms with Crippen molar-refractivity contribution in [2.45, 2.75) is 52.1 Å². The summed E-state index contributed by atoms with van der Waals surface area (Å²) in [7, 11) is 1.59. The normalized spacial score (nSPS) is 15.7. The van der Waals surface area contributed by atoms with Crippen LogP contribution in [0.3, 0.4) is 0 Å². The predicted molar refractivity (Wildman–Crippen MR) is 221 cm³/mol. The molecule has 1 atom stereocenters. The quantitative estimate of drug-likeness (QED) is 0.0907. The fraction of sp³-hybridized carbons (Fsp3) is 0.442. The number of hydrogen-bond acceptors (Lipinski definition) is 8. The van der Waals surface area contributed by atoms with E-state index in [1.807, 2.05) is 49.4 Å². The number of terminal acetylenes is 1. The number of anilines is 1. The van der Waals surface area contributed by atoms with Gasteiger partial charge in [0.05, 0.1) is 0 Å². The van der Waals surface area contributed by atoms with Gasteiger partial charge in [-0.1, -0.05) is 0 Å². The number of hydrogen-bond donors (Lipinski definition) is 0. The number of rotatable bonds is 12. The molecule has 0 unspecified atom stereocenters. The molecule has 0 bridgehead atoms. The summed E-state index contributed by atoms with van der Waals surface area (Å²) in [5, 5.41) is 2.54. The van der Waals surface area contributed by atoms with E-state index in [0.717, 1.165) is 51.4 Å². The molecule has 3 heterocycles. The molecule has 3 amide bonds. The number of likely N-dealkylation sites (N-methyl/N-ethyl adjacent to an activating group) is 1. The molecule has 6 rings (SSSR count). The van der Waals surface area contributed by atoms with Crippen LogP contribution in [0.4, 0.5) is 15.3 Å². The summed E-state index contributed by atoms with van der Waals surface area (Å²) in [5.74, 6) is 3.03. The second-order valence-corrected chi connectivity index (χ2v) is 18.0. The van der Waals surface area contributed by atoms with Gasteiger partial charge in [-0.2, -0.15) is 0 Å². The Hall–Kier alpha value is -4.37. The molecule has 1 saturated heterocycles. The zero-order chi connectivity index (χ0) is 40.1. The molecule has 1 fully saturated rings. The van der Waals surface area contributed by atoms with Gasteiger partial charge in [0.2, 0.25) is 0 Å². The van der Waals surface area contributed by atoms with E-state index in [-0.39, 0.29) is 57.5 Å². The Bertz CT molecular complexity index is 2170. The number of aryl methyl sites for hydroxylation is 1. The number of carbonyl (C=O) groups is 4. The number of benzene rings is 3. The topological polar surface area (TPSA) is 109 Å². The van der Waals surface area contributed by atoms with Crippen molar-refractivity contribution in [3.05, 3.63) is 69.7 Å². The van der Waals surface area contributed by atoms with Crippen molar-refractivity contribution in [2.24, 2.45) is 0 Å². The van der Waals surface area contributed by atoms with Crippen LogP contribution in [0.25, 0.3) is 20.4 Å². The van der Waals surface area contributed by atoms with Crippen LogP contribution in [0.15, 0.2) is 48.5 Å². The van der Waals surface area contributed by atoms with Crippen molar-refractivity contribution in [3.8, 4) is 18.1 Å². The van der Waals surface area contributed by atoms with E-state index in [4.69, 9.17) is 32.2 Å². The monoisotopic (exact) mass is 848 g/mol. The summed E-state index contributed by atoms with van der Waals surface area (Å²) < 4.78 is 18.7. The van der Waals surface area contributed by atoms with Gasteiger partial charge in [0.15, 0.2) is 0 Å². The van der Waals surface area contributed by atoms with E-state index in [1.54, 1.807) is 38.8 Å². The number of alkyl halides is 1. The number of morpholine rings is 1. The third-order valence-corrected chi connectivity index (χ3v) is 12.6. The molecule has 0 N–H and O–H groups in total. The number of ketones is 1. The van der Waals surface area contributed by atoms with Crippen molar-refractivity contribution in [2.75, 3.05) is 76.9 Å². The van der Waals surface area contributed by atoms with E-state index >= 15 is 0 Å². The summed E-state index contributed by atoms with van der Waals surface area (Å²) in [6.07, 6.45) is 5.30. The minimum atomic E-state index is -0.681. The molecule has 4 aromatic rings. The van der Waals surface area contributed by atoms with Crippen LogP contribution >= 0.6 is 11.6 Å². The summed E-state index contributed by atoms with van der Waals surface area (Å²) in [5.41, 5.74) is 2.87. The first-order chi connectivity index (χ1) is 26.7. The molecule has 0 radical (unpaired) electrons. The average Bonchev–Trinajstić information content (AvgIpc) is 3.76. The van der Waals surface area contributed by atoms with Crippen LogP contribution in [-0.2, 0) is 20.7 Å². The Balaban J connectivity index is 1.23. The zero-order valence-electron chi connectivity index (χ0n) is 32.7. The first-order valence-electron chi connectivity index (χ1n) is 18.9. The Morgan fingerprint density at radius 2 is 1.79 bits per heavy atom. The molecule has 56 heavy (non-hydrogen) atoms. The SMILES string of the molecule is C#CCN(CCN(C)C(=O)OC(C)(C)C)C(=O)Oc1cc2c(c3cc(C)ccc13)[C@H](CCl)CN2C(=O)c1cc2cc(CC(=O)CCN3CCOCC3)ccc2[se]1. The molecule has 3 aromatic carbocycles. The van der Waals surface area contributed by atoms with Gasteiger partial charge in [-0.15, -0.1) is 0 Å². The Morgan fingerprint density at radius 1 is 1.02 bits per heavy atom. The zero-order valence-corrected chi connectivity index (χ0v) is 35.2. The molecule has 2 aliphatic rings. The molecule has 296 valence electrons. The third kappa shape index (κ3) is 9.77. The first kappa shape index (κ1) is 41.3. The maximum absolute atomic E-state index is 14.4. The number of Topliss-reactive ketones (excluding diaryl/α,β-unsaturated/α-hetero) is 1. The van der Waals surface area contributed by atoms with E-state index in [1.165, 1.54) is 9.80 Å². The fourth-order valence-electron chi connectivity index (χ4n) is 7.05. The molecular weight excluding hydrogens is 799 g/mol. The summed E-state index contributed by atoms with van der Waals surface area (Å²) in [6, 6.07) is 15.7. The Kier molecular flexibility index (Phi) is 13.1. The molecule has 11 nitrogen and oxygen atoms in total. The van der Waals surface area contributed by atoms with E-state index in [0.29, 0.717) is 54.0 Å². The number of ether oxygens (including phenoxy) is 3. The molecular formula is C43H49ClN4O7Se. The van der Waals surface area contributed by atoms with Gasteiger partial charge in [0.1, 0.15) is 5.60 Å². The van der Waals surface area contributed by atoms with Crippen LogP contribution in [0.1, 0.15) is 59.0 Å². The minimum absolute atomic E-state index is 0.0387. The summed E-state index contributed by atoms with van der Waals surface area (Å²) in [6.45, 7) is 11.8. The van der Waals surface area contributed by atoms with Crippen LogP contribution in [0, 0.1) is 19.3 Å². The van der Waals surface area contributed by atoms with E-state index in [9.17, 15) is 19.2 Å². The van der Waals surface area contributed by atoms with Crippen LogP contribution in [0.5, 0.6) is 5.75 Å². The Labute approximate surface area is 339 Å². The van der Waals surface area contributed by atoms with Gasteiger partial charge < -0.3 is 4.74 Å². The van der Waals surface area contributed by atoms with Gasteiger partial charge in [-0.25, -0.2) is 4.79 Å². The van der Waals surface area contributed by atoms with Gasteiger partial charge in [-0.05, 0) is 20.8 Å². The van der Waals surface area contributed by atoms with Gasteiger partial charge >= 0.3 is 298 Å². The summed E-state index contributed by atoms with van der Waals surface area (Å²) >= 11 is 6.35. The fourth-order valence-corrected chi connectivity index (χ4v) is 9.38. The Morgan fingerprint density at radius 3 is 2.50 bits per heavy atom. The molecule has 0 spiro atoms. The van der Waals surface area contributed by atoms with Crippen LogP contribution in [0.2, 0.25) is 0 Å². The number of amides is 3. The molecule has 0 saturated carbocycles. The number of fused-ring (bicyclic) bond motifs is 4. The van der Waals surface area contributed by atoms with Crippen molar-refractivity contribution in [1.29, 1.82) is 0 Å². The van der Waals surface area contributed by atoms with Crippen molar-refractivity contribution >= 4 is 76.1 Å².